The molecule has 1 N–H and O–H groups in total. The van der Waals surface area contributed by atoms with E-state index in [0.717, 1.165) is 11.0 Å². The Morgan fingerprint density at radius 3 is 2.87 bits per heavy atom. The summed E-state index contributed by atoms with van der Waals surface area (Å²) in [5.41, 5.74) is -0.325. The van der Waals surface area contributed by atoms with Crippen molar-refractivity contribution in [1.29, 1.82) is 0 Å². The van der Waals surface area contributed by atoms with Crippen molar-refractivity contribution >= 4 is 5.97 Å². The van der Waals surface area contributed by atoms with Gasteiger partial charge in [-0.05, 0) is 25.8 Å². The van der Waals surface area contributed by atoms with Gasteiger partial charge in [0, 0.05) is 23.9 Å². The quantitative estimate of drug-likeness (QED) is 0.900. The number of ether oxygens (including phenoxy) is 1. The highest BCUT2D eigenvalue weighted by atomic mass is 16.5. The molecular formula is C15H16N2O6. The fourth-order valence-electron chi connectivity index (χ4n) is 2.70. The Labute approximate surface area is 130 Å². The van der Waals surface area contributed by atoms with Gasteiger partial charge in [0.1, 0.15) is 6.23 Å². The number of nitrogens with zero attached hydrogens (tertiary/aromatic N) is 2. The maximum absolute atomic E-state index is 12.6. The lowest BCUT2D eigenvalue weighted by atomic mass is 10.2. The number of hydrogen-bond donors (Lipinski definition) is 1. The maximum Gasteiger partial charge on any atom is 0.372 e. The molecule has 1 unspecified atom stereocenters. The smallest absolute Gasteiger partial charge is 0.372 e. The zero-order chi connectivity index (χ0) is 16.6. The van der Waals surface area contributed by atoms with Crippen LogP contribution in [0, 0.1) is 6.92 Å². The molecular weight excluding hydrogens is 304 g/mol. The van der Waals surface area contributed by atoms with Crippen LogP contribution in [0.1, 0.15) is 40.8 Å². The van der Waals surface area contributed by atoms with E-state index in [2.05, 4.69) is 0 Å². The van der Waals surface area contributed by atoms with E-state index in [1.54, 1.807) is 6.92 Å². The van der Waals surface area contributed by atoms with Gasteiger partial charge < -0.3 is 14.3 Å². The van der Waals surface area contributed by atoms with Crippen molar-refractivity contribution in [2.45, 2.75) is 32.5 Å². The minimum absolute atomic E-state index is 0.162. The average molecular weight is 320 g/mol. The van der Waals surface area contributed by atoms with E-state index >= 15 is 0 Å². The first kappa shape index (κ1) is 15.3. The van der Waals surface area contributed by atoms with Gasteiger partial charge in [0.05, 0.1) is 12.8 Å². The summed E-state index contributed by atoms with van der Waals surface area (Å²) in [5, 5.41) is 9.07. The summed E-state index contributed by atoms with van der Waals surface area (Å²) in [6, 6.07) is 1.44. The van der Waals surface area contributed by atoms with Crippen molar-refractivity contribution in [2.75, 3.05) is 6.61 Å². The molecule has 0 spiro atoms. The molecule has 1 saturated heterocycles. The zero-order valence-corrected chi connectivity index (χ0v) is 12.5. The van der Waals surface area contributed by atoms with Crippen LogP contribution in [-0.4, -0.2) is 26.8 Å². The van der Waals surface area contributed by atoms with E-state index in [9.17, 15) is 14.4 Å². The van der Waals surface area contributed by atoms with Gasteiger partial charge in [0.15, 0.2) is 0 Å². The molecule has 0 bridgehead atoms. The second-order valence-electron chi connectivity index (χ2n) is 5.44. The van der Waals surface area contributed by atoms with Gasteiger partial charge in [-0.25, -0.2) is 9.59 Å². The summed E-state index contributed by atoms with van der Waals surface area (Å²) >= 11 is 0. The van der Waals surface area contributed by atoms with Gasteiger partial charge in [-0.3, -0.25) is 13.9 Å². The molecule has 1 atom stereocenters. The number of aryl methyl sites for hydroxylation is 1. The summed E-state index contributed by atoms with van der Waals surface area (Å²) in [6.45, 7) is 2.02. The van der Waals surface area contributed by atoms with Crippen molar-refractivity contribution in [2.24, 2.45) is 0 Å². The third kappa shape index (κ3) is 2.72. The number of carboxylic acids is 1. The molecule has 8 nitrogen and oxygen atoms in total. The SMILES string of the molecule is Cc1cn(C2CCCO2)c(=O)n(Cc2ccoc2C(=O)O)c1=O. The van der Waals surface area contributed by atoms with Crippen molar-refractivity contribution in [3.63, 3.8) is 0 Å². The fraction of sp³-hybridized carbons (Fsp3) is 0.400. The second kappa shape index (κ2) is 5.88. The fourth-order valence-corrected chi connectivity index (χ4v) is 2.70. The molecule has 2 aromatic rings. The molecule has 122 valence electrons. The van der Waals surface area contributed by atoms with Crippen molar-refractivity contribution in [3.8, 4) is 0 Å². The summed E-state index contributed by atoms with van der Waals surface area (Å²) < 4.78 is 12.8. The summed E-state index contributed by atoms with van der Waals surface area (Å²) in [6.07, 6.45) is 3.86. The minimum Gasteiger partial charge on any atom is -0.475 e. The molecule has 1 fully saturated rings. The lowest BCUT2D eigenvalue weighted by Crippen LogP contribution is -2.42. The van der Waals surface area contributed by atoms with Crippen molar-refractivity contribution < 1.29 is 19.1 Å². The highest BCUT2D eigenvalue weighted by Gasteiger charge is 2.22. The first-order valence-corrected chi connectivity index (χ1v) is 7.23. The molecule has 0 radical (unpaired) electrons. The van der Waals surface area contributed by atoms with Gasteiger partial charge in [0.25, 0.3) is 5.56 Å². The van der Waals surface area contributed by atoms with Crippen LogP contribution in [-0.2, 0) is 11.3 Å². The molecule has 0 aliphatic carbocycles. The topological polar surface area (TPSA) is 104 Å². The first-order valence-electron chi connectivity index (χ1n) is 7.23. The van der Waals surface area contributed by atoms with E-state index in [1.807, 2.05) is 0 Å². The lowest BCUT2D eigenvalue weighted by molar-refractivity contribution is 0.0512. The Hall–Kier alpha value is -2.61. The van der Waals surface area contributed by atoms with E-state index < -0.39 is 23.4 Å². The highest BCUT2D eigenvalue weighted by molar-refractivity contribution is 5.86. The van der Waals surface area contributed by atoms with E-state index in [0.29, 0.717) is 18.6 Å². The van der Waals surface area contributed by atoms with E-state index in [-0.39, 0.29) is 17.9 Å². The van der Waals surface area contributed by atoms with Gasteiger partial charge >= 0.3 is 11.7 Å². The van der Waals surface area contributed by atoms with Crippen LogP contribution in [0.4, 0.5) is 0 Å². The largest absolute Gasteiger partial charge is 0.475 e. The monoisotopic (exact) mass is 320 g/mol. The highest BCUT2D eigenvalue weighted by Crippen LogP contribution is 2.21. The summed E-state index contributed by atoms with van der Waals surface area (Å²) in [7, 11) is 0. The molecule has 23 heavy (non-hydrogen) atoms. The Morgan fingerprint density at radius 2 is 2.22 bits per heavy atom. The molecule has 8 heteroatoms. The number of hydrogen-bond acceptors (Lipinski definition) is 5. The van der Waals surface area contributed by atoms with Crippen LogP contribution in [0.15, 0.2) is 32.5 Å². The Morgan fingerprint density at radius 1 is 1.43 bits per heavy atom. The zero-order valence-electron chi connectivity index (χ0n) is 12.5. The van der Waals surface area contributed by atoms with Crippen molar-refractivity contribution in [3.05, 3.63) is 56.3 Å². The van der Waals surface area contributed by atoms with Crippen LogP contribution in [0.2, 0.25) is 0 Å². The Bertz CT molecular complexity index is 854. The number of aromatic nitrogens is 2. The number of furan rings is 1. The van der Waals surface area contributed by atoms with Crippen LogP contribution in [0.25, 0.3) is 0 Å². The van der Waals surface area contributed by atoms with E-state index in [4.69, 9.17) is 14.3 Å². The Balaban J connectivity index is 2.08. The summed E-state index contributed by atoms with van der Waals surface area (Å²) in [5.74, 6) is -1.52. The normalized spacial score (nSPS) is 17.5. The number of carbonyl (C=O) groups is 1. The average Bonchev–Trinajstić information content (AvgIpc) is 3.18. The van der Waals surface area contributed by atoms with Crippen LogP contribution >= 0.6 is 0 Å². The summed E-state index contributed by atoms with van der Waals surface area (Å²) in [4.78, 5) is 36.0. The molecule has 2 aromatic heterocycles. The standard InChI is InChI=1S/C15H16N2O6/c1-9-7-16(11-3-2-5-22-11)15(21)17(13(9)18)8-10-4-6-23-12(10)14(19)20/h4,6-7,11H,2-3,5,8H2,1H3,(H,19,20). The number of aromatic carboxylic acids is 1. The van der Waals surface area contributed by atoms with Gasteiger partial charge in [-0.1, -0.05) is 0 Å². The Kier molecular flexibility index (Phi) is 3.91. The minimum atomic E-state index is -1.25. The molecule has 1 aliphatic heterocycles. The van der Waals surface area contributed by atoms with Crippen LogP contribution in [0.3, 0.4) is 0 Å². The molecule has 3 heterocycles. The third-order valence-electron chi connectivity index (χ3n) is 3.85. The van der Waals surface area contributed by atoms with Crippen LogP contribution < -0.4 is 11.2 Å². The molecule has 1 aliphatic rings. The van der Waals surface area contributed by atoms with Gasteiger partial charge in [-0.2, -0.15) is 0 Å². The third-order valence-corrected chi connectivity index (χ3v) is 3.85. The molecule has 0 saturated carbocycles. The molecule has 0 aromatic carbocycles. The van der Waals surface area contributed by atoms with E-state index in [1.165, 1.54) is 23.1 Å². The number of rotatable bonds is 4. The van der Waals surface area contributed by atoms with Crippen molar-refractivity contribution in [1.82, 2.24) is 9.13 Å². The first-order chi connectivity index (χ1) is 11.0. The number of carboxylic acid groups (broad SMARTS) is 1. The van der Waals surface area contributed by atoms with Crippen LogP contribution in [0.5, 0.6) is 0 Å². The van der Waals surface area contributed by atoms with Gasteiger partial charge in [-0.15, -0.1) is 0 Å². The molecule has 0 amide bonds. The van der Waals surface area contributed by atoms with Gasteiger partial charge in [0.2, 0.25) is 5.76 Å². The molecule has 3 rings (SSSR count). The second-order valence-corrected chi connectivity index (χ2v) is 5.44. The maximum atomic E-state index is 12.6. The lowest BCUT2D eigenvalue weighted by Gasteiger charge is -2.16. The predicted octanol–water partition coefficient (Wildman–Crippen LogP) is 0.967. The predicted molar refractivity (Wildman–Crippen MR) is 78.7 cm³/mol.